The van der Waals surface area contributed by atoms with Crippen LogP contribution >= 0.6 is 39.1 Å². The first-order valence-electron chi connectivity index (χ1n) is 3.87. The maximum atomic E-state index is 6.04. The molecule has 0 fully saturated rings. The van der Waals surface area contributed by atoms with Gasteiger partial charge in [0, 0.05) is 10.0 Å². The molecule has 0 amide bonds. The molecule has 0 radical (unpaired) electrons. The third kappa shape index (κ3) is 1.83. The Morgan fingerprint density at radius 1 is 1.14 bits per heavy atom. The molecule has 0 aliphatic rings. The van der Waals surface area contributed by atoms with Gasteiger partial charge in [-0.1, -0.05) is 23.2 Å². The van der Waals surface area contributed by atoms with Gasteiger partial charge in [-0.05, 0) is 40.2 Å². The van der Waals surface area contributed by atoms with E-state index in [-0.39, 0.29) is 0 Å². The van der Waals surface area contributed by atoms with Crippen molar-refractivity contribution < 1.29 is 4.42 Å². The van der Waals surface area contributed by atoms with Crippen LogP contribution in [0, 0.1) is 0 Å². The molecular weight excluding hydrogens is 287 g/mol. The first kappa shape index (κ1) is 10.1. The highest BCUT2D eigenvalue weighted by atomic mass is 79.9. The summed E-state index contributed by atoms with van der Waals surface area (Å²) in [6.45, 7) is 0. The van der Waals surface area contributed by atoms with E-state index in [0.29, 0.717) is 15.8 Å². The van der Waals surface area contributed by atoms with Crippen molar-refractivity contribution in [2.45, 2.75) is 0 Å². The molecular formula is C10H5BrCl2O. The van der Waals surface area contributed by atoms with Gasteiger partial charge in [0.15, 0.2) is 0 Å². The Balaban J connectivity index is 2.60. The third-order valence-electron chi connectivity index (χ3n) is 1.80. The van der Waals surface area contributed by atoms with Crippen molar-refractivity contribution in [3.05, 3.63) is 45.0 Å². The molecule has 72 valence electrons. The minimum Gasteiger partial charge on any atom is -0.464 e. The second-order valence-electron chi connectivity index (χ2n) is 2.72. The summed E-state index contributed by atoms with van der Waals surface area (Å²) in [5, 5.41) is 1.22. The van der Waals surface area contributed by atoms with Gasteiger partial charge in [0.1, 0.15) is 5.76 Å². The SMILES string of the molecule is Clc1cc(-c2ccco2)c(Cl)cc1Br. The molecule has 0 unspecified atom stereocenters. The highest BCUT2D eigenvalue weighted by Gasteiger charge is 2.09. The normalized spacial score (nSPS) is 10.5. The molecule has 2 aromatic rings. The van der Waals surface area contributed by atoms with E-state index < -0.39 is 0 Å². The summed E-state index contributed by atoms with van der Waals surface area (Å²) in [6, 6.07) is 7.17. The monoisotopic (exact) mass is 290 g/mol. The minimum absolute atomic E-state index is 0.608. The molecule has 14 heavy (non-hydrogen) atoms. The molecule has 0 spiro atoms. The van der Waals surface area contributed by atoms with Gasteiger partial charge in [0.05, 0.1) is 16.3 Å². The molecule has 1 aromatic heterocycles. The number of hydrogen-bond acceptors (Lipinski definition) is 1. The lowest BCUT2D eigenvalue weighted by atomic mass is 10.2. The standard InChI is InChI=1S/C10H5BrCl2O/c11-7-5-8(12)6(4-9(7)13)10-2-1-3-14-10/h1-5H. The fraction of sp³-hybridized carbons (Fsp3) is 0. The fourth-order valence-electron chi connectivity index (χ4n) is 1.14. The van der Waals surface area contributed by atoms with E-state index in [1.54, 1.807) is 18.4 Å². The van der Waals surface area contributed by atoms with Gasteiger partial charge in [-0.15, -0.1) is 0 Å². The van der Waals surface area contributed by atoms with Crippen molar-refractivity contribution in [2.75, 3.05) is 0 Å². The summed E-state index contributed by atoms with van der Waals surface area (Å²) in [5.41, 5.74) is 0.796. The van der Waals surface area contributed by atoms with Crippen molar-refractivity contribution in [1.82, 2.24) is 0 Å². The van der Waals surface area contributed by atoms with E-state index in [2.05, 4.69) is 15.9 Å². The maximum absolute atomic E-state index is 6.04. The van der Waals surface area contributed by atoms with E-state index in [4.69, 9.17) is 27.6 Å². The molecule has 0 aliphatic carbocycles. The van der Waals surface area contributed by atoms with Crippen LogP contribution in [0.5, 0.6) is 0 Å². The lowest BCUT2D eigenvalue weighted by molar-refractivity contribution is 0.582. The molecule has 1 nitrogen and oxygen atoms in total. The largest absolute Gasteiger partial charge is 0.464 e. The van der Waals surface area contributed by atoms with Crippen LogP contribution in [0.15, 0.2) is 39.4 Å². The van der Waals surface area contributed by atoms with Crippen LogP contribution in [0.2, 0.25) is 10.0 Å². The first-order valence-corrected chi connectivity index (χ1v) is 5.42. The van der Waals surface area contributed by atoms with Crippen LogP contribution in [-0.2, 0) is 0 Å². The second kappa shape index (κ2) is 3.97. The third-order valence-corrected chi connectivity index (χ3v) is 3.31. The summed E-state index contributed by atoms with van der Waals surface area (Å²) in [7, 11) is 0. The van der Waals surface area contributed by atoms with Crippen LogP contribution in [0.25, 0.3) is 11.3 Å². The summed E-state index contributed by atoms with van der Waals surface area (Å²) >= 11 is 15.3. The first-order chi connectivity index (χ1) is 6.68. The molecule has 1 aromatic carbocycles. The zero-order valence-corrected chi connectivity index (χ0v) is 10.0. The average molecular weight is 292 g/mol. The Kier molecular flexibility index (Phi) is 2.86. The Labute approximate surface area is 99.8 Å². The number of hydrogen-bond donors (Lipinski definition) is 0. The average Bonchev–Trinajstić information content (AvgIpc) is 2.64. The van der Waals surface area contributed by atoms with Crippen molar-refractivity contribution in [3.63, 3.8) is 0 Å². The lowest BCUT2D eigenvalue weighted by Gasteiger charge is -2.03. The molecule has 0 aliphatic heterocycles. The Morgan fingerprint density at radius 2 is 1.93 bits per heavy atom. The van der Waals surface area contributed by atoms with Crippen molar-refractivity contribution in [2.24, 2.45) is 0 Å². The summed E-state index contributed by atoms with van der Waals surface area (Å²) in [5.74, 6) is 0.712. The predicted octanol–water partition coefficient (Wildman–Crippen LogP) is 5.02. The van der Waals surface area contributed by atoms with E-state index in [0.717, 1.165) is 10.0 Å². The molecule has 0 N–H and O–H groups in total. The fourth-order valence-corrected chi connectivity index (χ4v) is 2.04. The number of furan rings is 1. The second-order valence-corrected chi connectivity index (χ2v) is 4.39. The van der Waals surface area contributed by atoms with Gasteiger partial charge in [0.2, 0.25) is 0 Å². The van der Waals surface area contributed by atoms with Crippen molar-refractivity contribution in [1.29, 1.82) is 0 Å². The molecule has 0 saturated carbocycles. The molecule has 2 rings (SSSR count). The summed E-state index contributed by atoms with van der Waals surface area (Å²) in [6.07, 6.45) is 1.60. The van der Waals surface area contributed by atoms with E-state index in [1.807, 2.05) is 12.1 Å². The molecule has 0 bridgehead atoms. The zero-order chi connectivity index (χ0) is 10.1. The Hall–Kier alpha value is -0.440. The topological polar surface area (TPSA) is 13.1 Å². The molecule has 0 saturated heterocycles. The highest BCUT2D eigenvalue weighted by molar-refractivity contribution is 9.10. The van der Waals surface area contributed by atoms with Gasteiger partial charge in [-0.2, -0.15) is 0 Å². The van der Waals surface area contributed by atoms with Crippen LogP contribution in [0.4, 0.5) is 0 Å². The Morgan fingerprint density at radius 3 is 2.57 bits per heavy atom. The summed E-state index contributed by atoms with van der Waals surface area (Å²) in [4.78, 5) is 0. The van der Waals surface area contributed by atoms with Gasteiger partial charge < -0.3 is 4.42 Å². The van der Waals surface area contributed by atoms with E-state index in [9.17, 15) is 0 Å². The van der Waals surface area contributed by atoms with Gasteiger partial charge in [-0.25, -0.2) is 0 Å². The number of rotatable bonds is 1. The van der Waals surface area contributed by atoms with Gasteiger partial charge in [0.25, 0.3) is 0 Å². The van der Waals surface area contributed by atoms with Gasteiger partial charge >= 0.3 is 0 Å². The lowest BCUT2D eigenvalue weighted by Crippen LogP contribution is -1.78. The van der Waals surface area contributed by atoms with Crippen LogP contribution < -0.4 is 0 Å². The maximum Gasteiger partial charge on any atom is 0.135 e. The van der Waals surface area contributed by atoms with E-state index >= 15 is 0 Å². The van der Waals surface area contributed by atoms with Gasteiger partial charge in [-0.3, -0.25) is 0 Å². The van der Waals surface area contributed by atoms with Crippen LogP contribution in [-0.4, -0.2) is 0 Å². The molecule has 1 heterocycles. The highest BCUT2D eigenvalue weighted by Crippen LogP contribution is 2.35. The van der Waals surface area contributed by atoms with Crippen molar-refractivity contribution in [3.8, 4) is 11.3 Å². The predicted molar refractivity (Wildman–Crippen MR) is 61.9 cm³/mol. The quantitative estimate of drug-likeness (QED) is 0.673. The van der Waals surface area contributed by atoms with Crippen LogP contribution in [0.1, 0.15) is 0 Å². The smallest absolute Gasteiger partial charge is 0.135 e. The van der Waals surface area contributed by atoms with E-state index in [1.165, 1.54) is 0 Å². The van der Waals surface area contributed by atoms with Crippen LogP contribution in [0.3, 0.4) is 0 Å². The zero-order valence-electron chi connectivity index (χ0n) is 6.93. The number of benzene rings is 1. The Bertz CT molecular complexity index is 451. The van der Waals surface area contributed by atoms with Crippen molar-refractivity contribution >= 4 is 39.1 Å². The minimum atomic E-state index is 0.608. The molecule has 0 atom stereocenters. The summed E-state index contributed by atoms with van der Waals surface area (Å²) < 4.78 is 6.01. The number of halogens is 3. The molecule has 4 heteroatoms.